The first kappa shape index (κ1) is 16.8. The molecule has 0 unspecified atom stereocenters. The molecule has 2 heterocycles. The molecule has 0 fully saturated rings. The van der Waals surface area contributed by atoms with Crippen molar-refractivity contribution in [1.29, 1.82) is 0 Å². The summed E-state index contributed by atoms with van der Waals surface area (Å²) >= 11 is 0. The quantitative estimate of drug-likeness (QED) is 0.314. The Bertz CT molecular complexity index is 1500. The summed E-state index contributed by atoms with van der Waals surface area (Å²) in [6.07, 6.45) is 5.35. The topological polar surface area (TPSA) is 38.7 Å². The molecular formula is C27H17N3. The van der Waals surface area contributed by atoms with Gasteiger partial charge < -0.3 is 0 Å². The summed E-state index contributed by atoms with van der Waals surface area (Å²) in [5, 5.41) is 7.60. The fourth-order valence-corrected chi connectivity index (χ4v) is 4.23. The lowest BCUT2D eigenvalue weighted by Crippen LogP contribution is -1.92. The molecule has 3 heteroatoms. The second-order valence-corrected chi connectivity index (χ2v) is 7.35. The van der Waals surface area contributed by atoms with Gasteiger partial charge in [0.25, 0.3) is 0 Å². The molecule has 6 aromatic rings. The van der Waals surface area contributed by atoms with E-state index in [1.54, 1.807) is 12.4 Å². The van der Waals surface area contributed by atoms with Crippen molar-refractivity contribution in [2.45, 2.75) is 0 Å². The van der Waals surface area contributed by atoms with Crippen LogP contribution in [-0.4, -0.2) is 15.0 Å². The smallest absolute Gasteiger partial charge is 0.159 e. The van der Waals surface area contributed by atoms with Crippen molar-refractivity contribution in [3.8, 4) is 22.6 Å². The monoisotopic (exact) mass is 383 g/mol. The van der Waals surface area contributed by atoms with Crippen LogP contribution in [-0.2, 0) is 0 Å². The number of rotatable bonds is 2. The van der Waals surface area contributed by atoms with Crippen LogP contribution in [0, 0.1) is 0 Å². The molecule has 0 radical (unpaired) electrons. The van der Waals surface area contributed by atoms with Gasteiger partial charge in [-0.2, -0.15) is 0 Å². The molecule has 2 aromatic heterocycles. The lowest BCUT2D eigenvalue weighted by atomic mass is 9.93. The summed E-state index contributed by atoms with van der Waals surface area (Å²) in [6, 6.07) is 29.7. The fraction of sp³-hybridized carbons (Fsp3) is 0. The number of hydrogen-bond donors (Lipinski definition) is 0. The average Bonchev–Trinajstić information content (AvgIpc) is 2.84. The Morgan fingerprint density at radius 1 is 0.467 bits per heavy atom. The van der Waals surface area contributed by atoms with Gasteiger partial charge in [-0.05, 0) is 56.6 Å². The Kier molecular flexibility index (Phi) is 3.78. The first-order valence-corrected chi connectivity index (χ1v) is 9.95. The van der Waals surface area contributed by atoms with Crippen molar-refractivity contribution in [3.63, 3.8) is 0 Å². The highest BCUT2D eigenvalue weighted by Crippen LogP contribution is 2.36. The Hall–Kier alpha value is -4.11. The van der Waals surface area contributed by atoms with Crippen LogP contribution in [0.25, 0.3) is 55.0 Å². The van der Waals surface area contributed by atoms with Gasteiger partial charge in [0.2, 0.25) is 0 Å². The molecule has 0 saturated heterocycles. The molecule has 0 amide bonds. The summed E-state index contributed by atoms with van der Waals surface area (Å²) in [7, 11) is 0. The van der Waals surface area contributed by atoms with Crippen LogP contribution in [0.15, 0.2) is 104 Å². The number of fused-ring (bicyclic) bond motifs is 6. The van der Waals surface area contributed by atoms with Gasteiger partial charge >= 0.3 is 0 Å². The number of benzene rings is 4. The summed E-state index contributed by atoms with van der Waals surface area (Å²) in [6.45, 7) is 0. The maximum atomic E-state index is 4.82. The Morgan fingerprint density at radius 2 is 1.07 bits per heavy atom. The van der Waals surface area contributed by atoms with E-state index in [-0.39, 0.29) is 0 Å². The summed E-state index contributed by atoms with van der Waals surface area (Å²) in [5.74, 6) is 0.707. The number of hydrogen-bond acceptors (Lipinski definition) is 3. The van der Waals surface area contributed by atoms with Gasteiger partial charge in [-0.25, -0.2) is 9.97 Å². The molecule has 140 valence electrons. The number of nitrogens with zero attached hydrogens (tertiary/aromatic N) is 3. The van der Waals surface area contributed by atoms with Gasteiger partial charge in [-0.1, -0.05) is 60.7 Å². The second-order valence-electron chi connectivity index (χ2n) is 7.35. The van der Waals surface area contributed by atoms with Gasteiger partial charge in [-0.15, -0.1) is 0 Å². The van der Waals surface area contributed by atoms with E-state index in [0.29, 0.717) is 5.82 Å². The molecule has 3 nitrogen and oxygen atoms in total. The number of pyridine rings is 1. The van der Waals surface area contributed by atoms with Crippen LogP contribution >= 0.6 is 0 Å². The molecule has 0 N–H and O–H groups in total. The van der Waals surface area contributed by atoms with Crippen molar-refractivity contribution >= 4 is 32.3 Å². The Labute approximate surface area is 173 Å². The molecule has 0 saturated carbocycles. The van der Waals surface area contributed by atoms with E-state index in [1.165, 1.54) is 32.3 Å². The minimum Gasteiger partial charge on any atom is -0.265 e. The average molecular weight is 383 g/mol. The molecule has 0 spiro atoms. The van der Waals surface area contributed by atoms with Gasteiger partial charge in [0, 0.05) is 29.7 Å². The predicted octanol–water partition coefficient (Wildman–Crippen LogP) is 6.67. The zero-order valence-corrected chi connectivity index (χ0v) is 16.2. The lowest BCUT2D eigenvalue weighted by molar-refractivity contribution is 1.17. The van der Waals surface area contributed by atoms with E-state index in [0.717, 1.165) is 16.8 Å². The van der Waals surface area contributed by atoms with E-state index in [1.807, 2.05) is 24.4 Å². The molecule has 6 rings (SSSR count). The highest BCUT2D eigenvalue weighted by molar-refractivity contribution is 6.25. The third-order valence-corrected chi connectivity index (χ3v) is 5.63. The maximum absolute atomic E-state index is 4.82. The molecule has 30 heavy (non-hydrogen) atoms. The first-order chi connectivity index (χ1) is 14.9. The van der Waals surface area contributed by atoms with Gasteiger partial charge in [0.15, 0.2) is 5.82 Å². The lowest BCUT2D eigenvalue weighted by Gasteiger charge is -2.12. The van der Waals surface area contributed by atoms with Crippen molar-refractivity contribution < 1.29 is 0 Å². The maximum Gasteiger partial charge on any atom is 0.159 e. The van der Waals surface area contributed by atoms with Crippen LogP contribution < -0.4 is 0 Å². The Balaban J connectivity index is 1.61. The molecular weight excluding hydrogens is 366 g/mol. The summed E-state index contributed by atoms with van der Waals surface area (Å²) in [4.78, 5) is 13.4. The molecule has 0 aliphatic heterocycles. The highest BCUT2D eigenvalue weighted by Gasteiger charge is 2.10. The molecule has 0 atom stereocenters. The van der Waals surface area contributed by atoms with E-state index >= 15 is 0 Å². The van der Waals surface area contributed by atoms with E-state index in [2.05, 4.69) is 76.7 Å². The zero-order chi connectivity index (χ0) is 19.9. The molecule has 4 aromatic carbocycles. The SMILES string of the molecule is c1ccc2c(c1)c1ccccc1c1cc(-c3ccnc(-c4ccncc4)n3)ccc21. The molecule has 0 aliphatic carbocycles. The van der Waals surface area contributed by atoms with Gasteiger partial charge in [-0.3, -0.25) is 4.98 Å². The minimum atomic E-state index is 0.707. The van der Waals surface area contributed by atoms with Crippen LogP contribution in [0.2, 0.25) is 0 Å². The van der Waals surface area contributed by atoms with Gasteiger partial charge in [0.1, 0.15) is 0 Å². The minimum absolute atomic E-state index is 0.707. The van der Waals surface area contributed by atoms with Crippen LogP contribution in [0.1, 0.15) is 0 Å². The largest absolute Gasteiger partial charge is 0.265 e. The summed E-state index contributed by atoms with van der Waals surface area (Å²) in [5.41, 5.74) is 2.96. The zero-order valence-electron chi connectivity index (χ0n) is 16.2. The van der Waals surface area contributed by atoms with Crippen molar-refractivity contribution in [2.24, 2.45) is 0 Å². The number of aromatic nitrogens is 3. The molecule has 0 bridgehead atoms. The predicted molar refractivity (Wildman–Crippen MR) is 123 cm³/mol. The first-order valence-electron chi connectivity index (χ1n) is 9.95. The normalized spacial score (nSPS) is 11.3. The molecule has 0 aliphatic rings. The highest BCUT2D eigenvalue weighted by atomic mass is 14.9. The van der Waals surface area contributed by atoms with Crippen molar-refractivity contribution in [1.82, 2.24) is 15.0 Å². The van der Waals surface area contributed by atoms with Crippen molar-refractivity contribution in [2.75, 3.05) is 0 Å². The second kappa shape index (κ2) is 6.75. The van der Waals surface area contributed by atoms with Gasteiger partial charge in [0.05, 0.1) is 5.69 Å². The third-order valence-electron chi connectivity index (χ3n) is 5.63. The van der Waals surface area contributed by atoms with Crippen LogP contribution in [0.4, 0.5) is 0 Å². The summed E-state index contributed by atoms with van der Waals surface area (Å²) < 4.78 is 0. The van der Waals surface area contributed by atoms with E-state index in [4.69, 9.17) is 4.98 Å². The third kappa shape index (κ3) is 2.64. The van der Waals surface area contributed by atoms with Crippen LogP contribution in [0.3, 0.4) is 0 Å². The van der Waals surface area contributed by atoms with E-state index < -0.39 is 0 Å². The van der Waals surface area contributed by atoms with Crippen molar-refractivity contribution in [3.05, 3.63) is 104 Å². The Morgan fingerprint density at radius 3 is 1.73 bits per heavy atom. The van der Waals surface area contributed by atoms with E-state index in [9.17, 15) is 0 Å². The standard InChI is InChI=1S/C27H17N3/c1-2-7-22-20(5-1)21-6-3-4-8-23(21)25-17-19(9-10-24(22)25)26-13-16-29-27(30-26)18-11-14-28-15-12-18/h1-17H. The van der Waals surface area contributed by atoms with Crippen LogP contribution in [0.5, 0.6) is 0 Å². The fourth-order valence-electron chi connectivity index (χ4n) is 4.23.